The van der Waals surface area contributed by atoms with Crippen molar-refractivity contribution in [3.63, 3.8) is 0 Å². The third-order valence-corrected chi connectivity index (χ3v) is 2.51. The maximum absolute atomic E-state index is 13.0. The van der Waals surface area contributed by atoms with Crippen LogP contribution in [0.3, 0.4) is 0 Å². The largest absolute Gasteiger partial charge is 0.423 e. The van der Waals surface area contributed by atoms with Gasteiger partial charge < -0.3 is 4.74 Å². The fraction of sp³-hybridized carbons (Fsp3) is 0.0909. The molecule has 0 bridgehead atoms. The van der Waals surface area contributed by atoms with Gasteiger partial charge in [0.25, 0.3) is 0 Å². The molecule has 0 spiro atoms. The molecule has 1 aromatic carbocycles. The van der Waals surface area contributed by atoms with Crippen molar-refractivity contribution in [3.05, 3.63) is 46.4 Å². The van der Waals surface area contributed by atoms with Gasteiger partial charge in [-0.05, 0) is 40.5 Å². The number of benzene rings is 1. The molecule has 16 heavy (non-hydrogen) atoms. The molecule has 0 aliphatic heterocycles. The number of aromatic nitrogens is 2. The second-order valence-corrected chi connectivity index (χ2v) is 4.07. The van der Waals surface area contributed by atoms with E-state index in [1.807, 2.05) is 6.92 Å². The lowest BCUT2D eigenvalue weighted by Gasteiger charge is -2.05. The van der Waals surface area contributed by atoms with Gasteiger partial charge in [0.05, 0.1) is 4.47 Å². The molecule has 2 aromatic rings. The van der Waals surface area contributed by atoms with Gasteiger partial charge in [-0.2, -0.15) is 0 Å². The molecule has 0 atom stereocenters. The van der Waals surface area contributed by atoms with Crippen molar-refractivity contribution < 1.29 is 9.13 Å². The van der Waals surface area contributed by atoms with E-state index in [0.717, 1.165) is 5.56 Å². The van der Waals surface area contributed by atoms with E-state index in [-0.39, 0.29) is 11.8 Å². The molecule has 0 saturated heterocycles. The summed E-state index contributed by atoms with van der Waals surface area (Å²) in [6, 6.07) is 4.37. The summed E-state index contributed by atoms with van der Waals surface area (Å²) in [6.45, 7) is 1.88. The van der Waals surface area contributed by atoms with Gasteiger partial charge >= 0.3 is 6.01 Å². The minimum absolute atomic E-state index is 0.192. The van der Waals surface area contributed by atoms with Crippen LogP contribution in [0.25, 0.3) is 0 Å². The van der Waals surface area contributed by atoms with Gasteiger partial charge in [-0.15, -0.1) is 0 Å². The molecule has 0 unspecified atom stereocenters. The van der Waals surface area contributed by atoms with Gasteiger partial charge in [-0.1, -0.05) is 0 Å². The Hall–Kier alpha value is -1.49. The monoisotopic (exact) mass is 282 g/mol. The van der Waals surface area contributed by atoms with E-state index in [1.165, 1.54) is 12.1 Å². The molecular formula is C11H8BrFN2O. The zero-order valence-electron chi connectivity index (χ0n) is 8.45. The number of halogens is 2. The number of hydrogen-bond acceptors (Lipinski definition) is 3. The number of aryl methyl sites for hydroxylation is 1. The molecule has 0 saturated carbocycles. The maximum atomic E-state index is 13.0. The van der Waals surface area contributed by atoms with E-state index in [2.05, 4.69) is 25.9 Å². The topological polar surface area (TPSA) is 35.0 Å². The van der Waals surface area contributed by atoms with Crippen molar-refractivity contribution in [3.8, 4) is 11.8 Å². The molecule has 0 aliphatic carbocycles. The number of hydrogen-bond donors (Lipinski definition) is 0. The van der Waals surface area contributed by atoms with Crippen LogP contribution in [0.4, 0.5) is 4.39 Å². The maximum Gasteiger partial charge on any atom is 0.321 e. The van der Waals surface area contributed by atoms with Gasteiger partial charge in [-0.3, -0.25) is 0 Å². The normalized spacial score (nSPS) is 10.2. The summed E-state index contributed by atoms with van der Waals surface area (Å²) in [5, 5.41) is 0. The molecule has 5 heteroatoms. The predicted molar refractivity (Wildman–Crippen MR) is 60.9 cm³/mol. The van der Waals surface area contributed by atoms with Crippen LogP contribution in [0.1, 0.15) is 5.56 Å². The molecule has 0 fully saturated rings. The van der Waals surface area contributed by atoms with E-state index < -0.39 is 0 Å². The average Bonchev–Trinajstić information content (AvgIpc) is 2.27. The van der Waals surface area contributed by atoms with Crippen LogP contribution >= 0.6 is 15.9 Å². The molecule has 3 nitrogen and oxygen atoms in total. The van der Waals surface area contributed by atoms with Gasteiger partial charge in [0.15, 0.2) is 0 Å². The first-order chi connectivity index (χ1) is 7.65. The summed E-state index contributed by atoms with van der Waals surface area (Å²) < 4.78 is 19.0. The second-order valence-electron chi connectivity index (χ2n) is 3.22. The molecular weight excluding hydrogens is 275 g/mol. The third-order valence-electron chi connectivity index (χ3n) is 1.85. The van der Waals surface area contributed by atoms with Crippen molar-refractivity contribution in [2.75, 3.05) is 0 Å². The number of rotatable bonds is 2. The summed E-state index contributed by atoms with van der Waals surface area (Å²) in [5.74, 6) is -0.0193. The van der Waals surface area contributed by atoms with Gasteiger partial charge in [0, 0.05) is 18.5 Å². The summed E-state index contributed by atoms with van der Waals surface area (Å²) in [7, 11) is 0. The minimum Gasteiger partial charge on any atom is -0.423 e. The first kappa shape index (κ1) is 11.0. The van der Waals surface area contributed by atoms with Gasteiger partial charge in [-0.25, -0.2) is 14.4 Å². The standard InChI is InChI=1S/C11H8BrFN2O/c1-7-5-14-11(15-6-7)16-10-4-8(13)2-3-9(10)12/h2-6H,1H3. The zero-order chi connectivity index (χ0) is 11.5. The SMILES string of the molecule is Cc1cnc(Oc2cc(F)ccc2Br)nc1. The van der Waals surface area contributed by atoms with Gasteiger partial charge in [0.2, 0.25) is 0 Å². The molecule has 1 aromatic heterocycles. The first-order valence-electron chi connectivity index (χ1n) is 4.57. The molecule has 1 heterocycles. The Kier molecular flexibility index (Phi) is 3.14. The zero-order valence-corrected chi connectivity index (χ0v) is 10.0. The highest BCUT2D eigenvalue weighted by Crippen LogP contribution is 2.28. The van der Waals surface area contributed by atoms with E-state index in [1.54, 1.807) is 18.5 Å². The highest BCUT2D eigenvalue weighted by Gasteiger charge is 2.05. The first-order valence-corrected chi connectivity index (χ1v) is 5.36. The Bertz CT molecular complexity index is 502. The second kappa shape index (κ2) is 4.57. The van der Waals surface area contributed by atoms with Crippen LogP contribution in [0.15, 0.2) is 35.1 Å². The van der Waals surface area contributed by atoms with Crippen molar-refractivity contribution in [1.82, 2.24) is 9.97 Å². The van der Waals surface area contributed by atoms with Crippen molar-refractivity contribution in [1.29, 1.82) is 0 Å². The van der Waals surface area contributed by atoms with Crippen LogP contribution in [-0.4, -0.2) is 9.97 Å². The summed E-state index contributed by atoms with van der Waals surface area (Å²) in [5.41, 5.74) is 0.936. The molecule has 0 amide bonds. The average molecular weight is 283 g/mol. The Morgan fingerprint density at radius 1 is 1.25 bits per heavy atom. The lowest BCUT2D eigenvalue weighted by Crippen LogP contribution is -1.93. The van der Waals surface area contributed by atoms with Crippen molar-refractivity contribution >= 4 is 15.9 Å². The van der Waals surface area contributed by atoms with E-state index in [9.17, 15) is 4.39 Å². The van der Waals surface area contributed by atoms with E-state index in [0.29, 0.717) is 10.2 Å². The fourth-order valence-electron chi connectivity index (χ4n) is 1.09. The van der Waals surface area contributed by atoms with Crippen LogP contribution < -0.4 is 4.74 Å². The van der Waals surface area contributed by atoms with Crippen LogP contribution in [-0.2, 0) is 0 Å². The third kappa shape index (κ3) is 2.55. The lowest BCUT2D eigenvalue weighted by atomic mass is 10.3. The molecule has 0 aliphatic rings. The van der Waals surface area contributed by atoms with E-state index >= 15 is 0 Å². The van der Waals surface area contributed by atoms with Crippen molar-refractivity contribution in [2.24, 2.45) is 0 Å². The summed E-state index contributed by atoms with van der Waals surface area (Å²) >= 11 is 3.26. The molecule has 82 valence electrons. The minimum atomic E-state index is -0.370. The Morgan fingerprint density at radius 2 is 1.94 bits per heavy atom. The quantitative estimate of drug-likeness (QED) is 0.846. The highest BCUT2D eigenvalue weighted by molar-refractivity contribution is 9.10. The van der Waals surface area contributed by atoms with Gasteiger partial charge in [0.1, 0.15) is 11.6 Å². The molecule has 0 radical (unpaired) electrons. The van der Waals surface area contributed by atoms with Crippen molar-refractivity contribution in [2.45, 2.75) is 6.92 Å². The fourth-order valence-corrected chi connectivity index (χ4v) is 1.41. The number of nitrogens with zero attached hydrogens (tertiary/aromatic N) is 2. The molecule has 2 rings (SSSR count). The Balaban J connectivity index is 2.26. The summed E-state index contributed by atoms with van der Waals surface area (Å²) in [6.07, 6.45) is 3.27. The summed E-state index contributed by atoms with van der Waals surface area (Å²) in [4.78, 5) is 7.94. The molecule has 0 N–H and O–H groups in total. The Morgan fingerprint density at radius 3 is 2.62 bits per heavy atom. The highest BCUT2D eigenvalue weighted by atomic mass is 79.9. The van der Waals surface area contributed by atoms with Crippen LogP contribution in [0.5, 0.6) is 11.8 Å². The predicted octanol–water partition coefficient (Wildman–Crippen LogP) is 3.48. The van der Waals surface area contributed by atoms with Crippen LogP contribution in [0, 0.1) is 12.7 Å². The Labute approximate surface area is 100 Å². The van der Waals surface area contributed by atoms with Crippen LogP contribution in [0.2, 0.25) is 0 Å². The number of ether oxygens (including phenoxy) is 1. The van der Waals surface area contributed by atoms with E-state index in [4.69, 9.17) is 4.74 Å². The smallest absolute Gasteiger partial charge is 0.321 e. The lowest BCUT2D eigenvalue weighted by molar-refractivity contribution is 0.434.